The van der Waals surface area contributed by atoms with Crippen LogP contribution < -0.4 is 5.84 Å². The molecule has 2 amide bonds. The Labute approximate surface area is 182 Å². The van der Waals surface area contributed by atoms with Crippen LogP contribution in [0.2, 0.25) is 0 Å². The van der Waals surface area contributed by atoms with Crippen LogP contribution >= 0.6 is 11.8 Å². The van der Waals surface area contributed by atoms with Crippen molar-refractivity contribution in [2.45, 2.75) is 11.6 Å². The Bertz CT molecular complexity index is 1280. The summed E-state index contributed by atoms with van der Waals surface area (Å²) in [5.41, 5.74) is 2.04. The smallest absolute Gasteiger partial charge is 0.261 e. The van der Waals surface area contributed by atoms with E-state index in [2.05, 4.69) is 34.5 Å². The number of aromatic nitrogens is 3. The second kappa shape index (κ2) is 7.88. The summed E-state index contributed by atoms with van der Waals surface area (Å²) in [5.74, 6) is 6.86. The minimum Gasteiger partial charge on any atom is -0.336 e. The fourth-order valence-corrected chi connectivity index (χ4v) is 4.61. The van der Waals surface area contributed by atoms with Crippen molar-refractivity contribution in [3.8, 4) is 0 Å². The molecule has 0 unspecified atom stereocenters. The van der Waals surface area contributed by atoms with Gasteiger partial charge in [-0.1, -0.05) is 66.4 Å². The normalized spacial score (nSPS) is 13.2. The van der Waals surface area contributed by atoms with E-state index in [0.29, 0.717) is 34.3 Å². The molecule has 0 spiro atoms. The molecule has 1 aromatic heterocycles. The molecule has 8 heteroatoms. The van der Waals surface area contributed by atoms with Gasteiger partial charge in [0.2, 0.25) is 5.16 Å². The van der Waals surface area contributed by atoms with E-state index in [1.165, 1.54) is 26.7 Å². The van der Waals surface area contributed by atoms with Gasteiger partial charge in [-0.2, -0.15) is 0 Å². The number of amides is 2. The van der Waals surface area contributed by atoms with Gasteiger partial charge in [-0.05, 0) is 28.5 Å². The Hall–Kier alpha value is -3.65. The lowest BCUT2D eigenvalue weighted by atomic mass is 10.0. The van der Waals surface area contributed by atoms with E-state index in [1.807, 2.05) is 18.2 Å². The third-order valence-electron chi connectivity index (χ3n) is 5.39. The average molecular weight is 430 g/mol. The van der Waals surface area contributed by atoms with Crippen molar-refractivity contribution in [2.24, 2.45) is 0 Å². The number of carbonyl (C=O) groups excluding carboxylic acids is 2. The van der Waals surface area contributed by atoms with Crippen molar-refractivity contribution in [3.63, 3.8) is 0 Å². The number of carbonyl (C=O) groups is 2. The van der Waals surface area contributed by atoms with Crippen LogP contribution in [0.3, 0.4) is 0 Å². The quantitative estimate of drug-likeness (QED) is 0.288. The number of nitrogens with zero attached hydrogens (tertiary/aromatic N) is 4. The van der Waals surface area contributed by atoms with E-state index in [9.17, 15) is 9.59 Å². The third kappa shape index (κ3) is 3.44. The van der Waals surface area contributed by atoms with Gasteiger partial charge in [-0.3, -0.25) is 14.5 Å². The van der Waals surface area contributed by atoms with Crippen molar-refractivity contribution in [1.82, 2.24) is 19.8 Å². The van der Waals surface area contributed by atoms with Gasteiger partial charge in [0, 0.05) is 18.7 Å². The van der Waals surface area contributed by atoms with E-state index in [-0.39, 0.29) is 18.4 Å². The number of imide groups is 1. The molecule has 4 aromatic rings. The van der Waals surface area contributed by atoms with Crippen LogP contribution in [0.25, 0.3) is 10.8 Å². The molecule has 0 atom stereocenters. The number of hydrogen-bond acceptors (Lipinski definition) is 6. The van der Waals surface area contributed by atoms with Crippen LogP contribution in [0, 0.1) is 0 Å². The molecule has 5 rings (SSSR count). The Morgan fingerprint density at radius 3 is 2.29 bits per heavy atom. The fourth-order valence-electron chi connectivity index (χ4n) is 3.81. The summed E-state index contributed by atoms with van der Waals surface area (Å²) in [7, 11) is 0. The zero-order chi connectivity index (χ0) is 21.4. The minimum atomic E-state index is -0.257. The highest BCUT2D eigenvalue weighted by Crippen LogP contribution is 2.25. The summed E-state index contributed by atoms with van der Waals surface area (Å²) in [4.78, 5) is 26.2. The number of thioether (sulfide) groups is 1. The molecule has 0 saturated carbocycles. The molecule has 0 aliphatic carbocycles. The number of rotatable bonds is 6. The molecule has 1 aliphatic rings. The number of nitrogens with two attached hydrogens (primary N) is 1. The number of benzene rings is 3. The molecular weight excluding hydrogens is 410 g/mol. The van der Waals surface area contributed by atoms with Gasteiger partial charge in [-0.15, -0.1) is 10.2 Å². The first-order valence-electron chi connectivity index (χ1n) is 9.87. The van der Waals surface area contributed by atoms with Gasteiger partial charge >= 0.3 is 0 Å². The molecular formula is C23H19N5O2S. The van der Waals surface area contributed by atoms with E-state index >= 15 is 0 Å². The number of hydrogen-bond donors (Lipinski definition) is 1. The molecule has 1 aliphatic heterocycles. The van der Waals surface area contributed by atoms with E-state index < -0.39 is 0 Å². The predicted molar refractivity (Wildman–Crippen MR) is 119 cm³/mol. The molecule has 2 heterocycles. The second-order valence-corrected chi connectivity index (χ2v) is 8.30. The van der Waals surface area contributed by atoms with Crippen LogP contribution in [-0.4, -0.2) is 43.9 Å². The summed E-state index contributed by atoms with van der Waals surface area (Å²) in [5, 5.41) is 11.3. The van der Waals surface area contributed by atoms with Gasteiger partial charge < -0.3 is 5.84 Å². The van der Waals surface area contributed by atoms with Gasteiger partial charge in [0.05, 0.1) is 11.1 Å². The lowest BCUT2D eigenvalue weighted by Crippen LogP contribution is -2.32. The van der Waals surface area contributed by atoms with Gasteiger partial charge in [0.1, 0.15) is 0 Å². The van der Waals surface area contributed by atoms with Crippen LogP contribution in [0.5, 0.6) is 0 Å². The standard InChI is InChI=1S/C23H19N5O2S/c24-28-20(14-16-8-5-7-15-6-1-2-9-17(15)16)25-26-23(28)31-13-12-27-21(29)18-10-3-4-11-19(18)22(27)30/h1-11H,12-14,24H2. The van der Waals surface area contributed by atoms with Crippen LogP contribution in [0.1, 0.15) is 32.1 Å². The topological polar surface area (TPSA) is 94.1 Å². The highest BCUT2D eigenvalue weighted by Gasteiger charge is 2.34. The number of fused-ring (bicyclic) bond motifs is 2. The highest BCUT2D eigenvalue weighted by molar-refractivity contribution is 7.99. The summed E-state index contributed by atoms with van der Waals surface area (Å²) < 4.78 is 1.48. The lowest BCUT2D eigenvalue weighted by Gasteiger charge is -2.13. The highest BCUT2D eigenvalue weighted by atomic mass is 32.2. The number of nitrogen functional groups attached to an aromatic ring is 1. The van der Waals surface area contributed by atoms with Crippen LogP contribution in [-0.2, 0) is 6.42 Å². The van der Waals surface area contributed by atoms with Crippen molar-refractivity contribution < 1.29 is 9.59 Å². The Kier molecular flexibility index (Phi) is 4.91. The molecule has 0 bridgehead atoms. The largest absolute Gasteiger partial charge is 0.336 e. The fraction of sp³-hybridized carbons (Fsp3) is 0.130. The second-order valence-electron chi connectivity index (χ2n) is 7.24. The molecule has 0 radical (unpaired) electrons. The molecule has 2 N–H and O–H groups in total. The first-order chi connectivity index (χ1) is 15.1. The third-order valence-corrected chi connectivity index (χ3v) is 6.31. The Morgan fingerprint density at radius 1 is 0.839 bits per heavy atom. The van der Waals surface area contributed by atoms with E-state index in [1.54, 1.807) is 24.3 Å². The lowest BCUT2D eigenvalue weighted by molar-refractivity contribution is 0.0664. The SMILES string of the molecule is Nn1c(Cc2cccc3ccccc23)nnc1SCCN1C(=O)c2ccccc2C1=O. The minimum absolute atomic E-state index is 0.257. The van der Waals surface area contributed by atoms with Crippen LogP contribution in [0.4, 0.5) is 0 Å². The first-order valence-corrected chi connectivity index (χ1v) is 10.9. The molecule has 154 valence electrons. The maximum Gasteiger partial charge on any atom is 0.261 e. The molecule has 7 nitrogen and oxygen atoms in total. The predicted octanol–water partition coefficient (Wildman–Crippen LogP) is 3.12. The molecule has 0 fully saturated rings. The van der Waals surface area contributed by atoms with Crippen molar-refractivity contribution in [2.75, 3.05) is 18.1 Å². The van der Waals surface area contributed by atoms with Crippen molar-refractivity contribution in [1.29, 1.82) is 0 Å². The monoisotopic (exact) mass is 429 g/mol. The zero-order valence-corrected chi connectivity index (χ0v) is 17.4. The summed E-state index contributed by atoms with van der Waals surface area (Å²) >= 11 is 1.37. The van der Waals surface area contributed by atoms with Gasteiger partial charge in [-0.25, -0.2) is 4.68 Å². The molecule has 0 saturated heterocycles. The van der Waals surface area contributed by atoms with Gasteiger partial charge in [0.15, 0.2) is 5.82 Å². The summed E-state index contributed by atoms with van der Waals surface area (Å²) in [6, 6.07) is 21.2. The zero-order valence-electron chi connectivity index (χ0n) is 16.6. The van der Waals surface area contributed by atoms with E-state index in [4.69, 9.17) is 5.84 Å². The van der Waals surface area contributed by atoms with Gasteiger partial charge in [0.25, 0.3) is 11.8 Å². The maximum atomic E-state index is 12.5. The summed E-state index contributed by atoms with van der Waals surface area (Å²) in [6.07, 6.45) is 0.559. The Morgan fingerprint density at radius 2 is 1.52 bits per heavy atom. The first kappa shape index (κ1) is 19.3. The maximum absolute atomic E-state index is 12.5. The average Bonchev–Trinajstić information content (AvgIpc) is 3.26. The Balaban J connectivity index is 1.26. The van der Waals surface area contributed by atoms with Crippen molar-refractivity contribution >= 4 is 34.3 Å². The summed E-state index contributed by atoms with van der Waals surface area (Å²) in [6.45, 7) is 0.280. The van der Waals surface area contributed by atoms with E-state index in [0.717, 1.165) is 10.9 Å². The molecule has 3 aromatic carbocycles. The molecule has 31 heavy (non-hydrogen) atoms. The van der Waals surface area contributed by atoms with Crippen LogP contribution in [0.15, 0.2) is 71.9 Å². The van der Waals surface area contributed by atoms with Crippen molar-refractivity contribution in [3.05, 3.63) is 89.2 Å².